The van der Waals surface area contributed by atoms with E-state index in [9.17, 15) is 14.4 Å². The Morgan fingerprint density at radius 2 is 1.87 bits per heavy atom. The SMILES string of the molecule is CCOc1cc(/C=C2\C(=O)N(c3ccc(C(=O)O)cc3)N=C2C)c(Br)cc1OC(C)=O. The Morgan fingerprint density at radius 1 is 1.19 bits per heavy atom. The van der Waals surface area contributed by atoms with E-state index >= 15 is 0 Å². The molecule has 8 nitrogen and oxygen atoms in total. The highest BCUT2D eigenvalue weighted by Crippen LogP contribution is 2.36. The monoisotopic (exact) mass is 486 g/mol. The van der Waals surface area contributed by atoms with Crippen LogP contribution in [0.3, 0.4) is 0 Å². The number of ether oxygens (including phenoxy) is 2. The second kappa shape index (κ2) is 9.13. The smallest absolute Gasteiger partial charge is 0.335 e. The molecule has 31 heavy (non-hydrogen) atoms. The predicted molar refractivity (Wildman–Crippen MR) is 119 cm³/mol. The Kier molecular flexibility index (Phi) is 6.55. The van der Waals surface area contributed by atoms with Gasteiger partial charge < -0.3 is 14.6 Å². The van der Waals surface area contributed by atoms with E-state index in [-0.39, 0.29) is 17.2 Å². The van der Waals surface area contributed by atoms with Crippen LogP contribution in [0.4, 0.5) is 5.69 Å². The van der Waals surface area contributed by atoms with Gasteiger partial charge in [-0.25, -0.2) is 4.79 Å². The van der Waals surface area contributed by atoms with Crippen molar-refractivity contribution in [3.05, 3.63) is 57.6 Å². The minimum atomic E-state index is -1.05. The lowest BCUT2D eigenvalue weighted by Crippen LogP contribution is -2.21. The number of amides is 1. The number of carbonyl (C=O) groups is 3. The van der Waals surface area contributed by atoms with Crippen molar-refractivity contribution in [2.75, 3.05) is 11.6 Å². The van der Waals surface area contributed by atoms with Crippen LogP contribution in [0, 0.1) is 0 Å². The van der Waals surface area contributed by atoms with Gasteiger partial charge in [-0.15, -0.1) is 0 Å². The number of hydrogen-bond donors (Lipinski definition) is 1. The molecular weight excluding hydrogens is 468 g/mol. The maximum Gasteiger partial charge on any atom is 0.335 e. The number of nitrogens with zero attached hydrogens (tertiary/aromatic N) is 2. The number of carboxylic acid groups (broad SMARTS) is 1. The molecule has 9 heteroatoms. The van der Waals surface area contributed by atoms with Gasteiger partial charge in [0.15, 0.2) is 11.5 Å². The van der Waals surface area contributed by atoms with Crippen LogP contribution in [-0.2, 0) is 9.59 Å². The molecule has 2 aromatic carbocycles. The molecule has 160 valence electrons. The zero-order valence-electron chi connectivity index (χ0n) is 17.0. The van der Waals surface area contributed by atoms with Crippen molar-refractivity contribution in [1.82, 2.24) is 0 Å². The number of aromatic carboxylic acids is 1. The number of esters is 1. The van der Waals surface area contributed by atoms with Gasteiger partial charge >= 0.3 is 11.9 Å². The van der Waals surface area contributed by atoms with Gasteiger partial charge in [0, 0.05) is 11.4 Å². The highest BCUT2D eigenvalue weighted by atomic mass is 79.9. The van der Waals surface area contributed by atoms with Crippen LogP contribution in [0.1, 0.15) is 36.7 Å². The number of benzene rings is 2. The number of rotatable bonds is 6. The van der Waals surface area contributed by atoms with Gasteiger partial charge in [-0.1, -0.05) is 15.9 Å². The number of halogens is 1. The van der Waals surface area contributed by atoms with E-state index in [1.165, 1.54) is 36.2 Å². The Bertz CT molecular complexity index is 1120. The summed E-state index contributed by atoms with van der Waals surface area (Å²) in [6, 6.07) is 9.15. The number of carboxylic acids is 1. The molecule has 2 aromatic rings. The number of carbonyl (C=O) groups excluding carboxylic acids is 2. The lowest BCUT2D eigenvalue weighted by molar-refractivity contribution is -0.132. The summed E-state index contributed by atoms with van der Waals surface area (Å²) in [6.45, 7) is 5.18. The van der Waals surface area contributed by atoms with Gasteiger partial charge in [-0.05, 0) is 61.9 Å². The molecule has 0 saturated carbocycles. The zero-order chi connectivity index (χ0) is 22.7. The fourth-order valence-electron chi connectivity index (χ4n) is 2.92. The summed E-state index contributed by atoms with van der Waals surface area (Å²) in [7, 11) is 0. The minimum absolute atomic E-state index is 0.118. The van der Waals surface area contributed by atoms with E-state index in [0.717, 1.165) is 0 Å². The van der Waals surface area contributed by atoms with E-state index in [1.54, 1.807) is 25.1 Å². The quantitative estimate of drug-likeness (QED) is 0.371. The molecule has 1 N–H and O–H groups in total. The molecule has 0 radical (unpaired) electrons. The van der Waals surface area contributed by atoms with Crippen molar-refractivity contribution in [2.45, 2.75) is 20.8 Å². The van der Waals surface area contributed by atoms with Crippen LogP contribution in [0.5, 0.6) is 11.5 Å². The molecule has 0 spiro atoms. The molecule has 1 aliphatic heterocycles. The molecule has 0 fully saturated rings. The molecule has 0 aliphatic carbocycles. The maximum atomic E-state index is 13.0. The predicted octanol–water partition coefficient (Wildman–Crippen LogP) is 4.28. The minimum Gasteiger partial charge on any atom is -0.490 e. The third-order valence-corrected chi connectivity index (χ3v) is 5.02. The van der Waals surface area contributed by atoms with Crippen molar-refractivity contribution >= 4 is 51.3 Å². The first-order chi connectivity index (χ1) is 14.7. The fourth-order valence-corrected chi connectivity index (χ4v) is 3.36. The third kappa shape index (κ3) is 4.83. The van der Waals surface area contributed by atoms with Crippen molar-refractivity contribution < 1.29 is 29.0 Å². The highest BCUT2D eigenvalue weighted by Gasteiger charge is 2.29. The summed E-state index contributed by atoms with van der Waals surface area (Å²) < 4.78 is 11.4. The summed E-state index contributed by atoms with van der Waals surface area (Å²) in [4.78, 5) is 35.4. The second-order valence-electron chi connectivity index (χ2n) is 6.56. The van der Waals surface area contributed by atoms with E-state index in [2.05, 4.69) is 21.0 Å². The fraction of sp³-hybridized carbons (Fsp3) is 0.182. The first-order valence-electron chi connectivity index (χ1n) is 9.31. The molecule has 1 amide bonds. The topological polar surface area (TPSA) is 106 Å². The van der Waals surface area contributed by atoms with Crippen molar-refractivity contribution in [2.24, 2.45) is 5.10 Å². The average Bonchev–Trinajstić information content (AvgIpc) is 2.99. The van der Waals surface area contributed by atoms with Crippen molar-refractivity contribution in [3.63, 3.8) is 0 Å². The zero-order valence-corrected chi connectivity index (χ0v) is 18.6. The lowest BCUT2D eigenvalue weighted by atomic mass is 10.1. The van der Waals surface area contributed by atoms with Gasteiger partial charge in [-0.2, -0.15) is 10.1 Å². The van der Waals surface area contributed by atoms with Crippen LogP contribution in [0.2, 0.25) is 0 Å². The molecule has 1 heterocycles. The van der Waals surface area contributed by atoms with E-state index in [4.69, 9.17) is 14.6 Å². The van der Waals surface area contributed by atoms with Gasteiger partial charge in [0.25, 0.3) is 5.91 Å². The molecule has 0 saturated heterocycles. The maximum absolute atomic E-state index is 13.0. The standard InChI is InChI=1S/C22H19BrN2O6/c1-4-30-19-10-15(18(23)11-20(19)31-13(3)26)9-17-12(2)24-25(21(17)27)16-7-5-14(6-8-16)22(28)29/h5-11H,4H2,1-3H3,(H,28,29)/b17-9-. The molecule has 0 aromatic heterocycles. The Hall–Kier alpha value is -3.46. The molecule has 0 bridgehead atoms. The molecular formula is C22H19BrN2O6. The Labute approximate surface area is 186 Å². The first-order valence-corrected chi connectivity index (χ1v) is 10.1. The van der Waals surface area contributed by atoms with Crippen LogP contribution in [0.15, 0.2) is 51.5 Å². The Morgan fingerprint density at radius 3 is 2.45 bits per heavy atom. The van der Waals surface area contributed by atoms with Crippen LogP contribution in [-0.4, -0.2) is 35.3 Å². The summed E-state index contributed by atoms with van der Waals surface area (Å²) in [5.74, 6) is -1.24. The highest BCUT2D eigenvalue weighted by molar-refractivity contribution is 9.10. The van der Waals surface area contributed by atoms with Crippen molar-refractivity contribution in [3.8, 4) is 11.5 Å². The van der Waals surface area contributed by atoms with Crippen molar-refractivity contribution in [1.29, 1.82) is 0 Å². The van der Waals surface area contributed by atoms with E-state index < -0.39 is 11.9 Å². The molecule has 0 atom stereocenters. The molecule has 1 aliphatic rings. The normalized spacial score (nSPS) is 14.6. The first kappa shape index (κ1) is 22.2. The van der Waals surface area contributed by atoms with E-state index in [1.807, 2.05) is 6.92 Å². The molecule has 0 unspecified atom stereocenters. The van der Waals surface area contributed by atoms with Crippen LogP contribution in [0.25, 0.3) is 6.08 Å². The van der Waals surface area contributed by atoms with Crippen LogP contribution >= 0.6 is 15.9 Å². The summed E-state index contributed by atoms with van der Waals surface area (Å²) in [5, 5.41) is 14.6. The van der Waals surface area contributed by atoms with Gasteiger partial charge in [0.05, 0.1) is 29.1 Å². The second-order valence-corrected chi connectivity index (χ2v) is 7.41. The van der Waals surface area contributed by atoms with E-state index in [0.29, 0.717) is 39.4 Å². The number of anilines is 1. The van der Waals surface area contributed by atoms with Crippen LogP contribution < -0.4 is 14.5 Å². The summed E-state index contributed by atoms with van der Waals surface area (Å²) in [6.07, 6.45) is 1.66. The molecule has 3 rings (SSSR count). The van der Waals surface area contributed by atoms with Gasteiger partial charge in [0.2, 0.25) is 0 Å². The summed E-state index contributed by atoms with van der Waals surface area (Å²) in [5.41, 5.74) is 2.08. The Balaban J connectivity index is 1.95. The van der Waals surface area contributed by atoms with Gasteiger partial charge in [0.1, 0.15) is 0 Å². The van der Waals surface area contributed by atoms with Gasteiger partial charge in [-0.3, -0.25) is 9.59 Å². The lowest BCUT2D eigenvalue weighted by Gasteiger charge is -2.13. The summed E-state index contributed by atoms with van der Waals surface area (Å²) >= 11 is 3.44. The number of hydrogen-bond acceptors (Lipinski definition) is 6. The number of hydrazone groups is 1. The third-order valence-electron chi connectivity index (χ3n) is 4.34. The largest absolute Gasteiger partial charge is 0.490 e. The average molecular weight is 487 g/mol.